The third-order valence-electron chi connectivity index (χ3n) is 22.6. The first-order valence-corrected chi connectivity index (χ1v) is 46.1. The number of hydrogen-bond acceptors (Lipinski definition) is 30. The molecule has 12 heterocycles. The van der Waals surface area contributed by atoms with E-state index in [4.69, 9.17) is 74.6 Å². The van der Waals surface area contributed by atoms with Crippen molar-refractivity contribution < 1.29 is 67.0 Å². The number of aromatic nitrogens is 24. The summed E-state index contributed by atoms with van der Waals surface area (Å²) in [6.07, 6.45) is 7.92. The Morgan fingerprint density at radius 2 is 0.915 bits per heavy atom. The largest absolute Gasteiger partial charge is 0.504 e. The molecule has 0 fully saturated rings. The van der Waals surface area contributed by atoms with Gasteiger partial charge in [-0.3, -0.25) is 52.1 Å². The molecule has 0 atom stereocenters. The van der Waals surface area contributed by atoms with Gasteiger partial charge in [0.15, 0.2) is 29.0 Å². The number of carbonyl (C=O) groups excluding carboxylic acids is 5. The zero-order chi connectivity index (χ0) is 102. The molecule has 142 heavy (non-hydrogen) atoms. The van der Waals surface area contributed by atoms with Gasteiger partial charge in [-0.1, -0.05) is 24.3 Å². The Morgan fingerprint density at radius 3 is 1.39 bits per heavy atom. The second-order valence-corrected chi connectivity index (χ2v) is 35.6. The summed E-state index contributed by atoms with van der Waals surface area (Å²) >= 11 is 3.51. The first-order valence-electron chi connectivity index (χ1n) is 45.3. The second-order valence-electron chi connectivity index (χ2n) is 34.9. The van der Waals surface area contributed by atoms with Gasteiger partial charge < -0.3 is 80.3 Å². The Kier molecular flexibility index (Phi) is 33.1. The molecular weight excluding hydrogens is 1890 g/mol. The molecule has 746 valence electrons. The molecule has 5 amide bonds. The minimum Gasteiger partial charge on any atom is -0.504 e. The molecule has 0 radical (unpaired) electrons. The summed E-state index contributed by atoms with van der Waals surface area (Å²) in [7, 11) is 15.0. The molecule has 12 aromatic heterocycles. The van der Waals surface area contributed by atoms with E-state index in [0.717, 1.165) is 90.4 Å². The average Bonchev–Trinajstić information content (AvgIpc) is 1.61. The van der Waals surface area contributed by atoms with E-state index < -0.39 is 29.1 Å². The number of aromatic hydroxyl groups is 1. The molecule has 0 aliphatic rings. The van der Waals surface area contributed by atoms with Crippen LogP contribution in [0.3, 0.4) is 0 Å². The second kappa shape index (κ2) is 45.6. The van der Waals surface area contributed by atoms with Gasteiger partial charge in [0.1, 0.15) is 108 Å². The van der Waals surface area contributed by atoms with Gasteiger partial charge in [-0.2, -0.15) is 35.7 Å². The smallest absolute Gasteiger partial charge is 0.407 e. The summed E-state index contributed by atoms with van der Waals surface area (Å²) in [6, 6.07) is 31.4. The number of H-pyrrole nitrogens is 1. The molecule has 16 rings (SSSR count). The van der Waals surface area contributed by atoms with Crippen molar-refractivity contribution in [1.29, 1.82) is 0 Å². The van der Waals surface area contributed by atoms with Crippen LogP contribution < -0.4 is 61.2 Å². The van der Waals surface area contributed by atoms with E-state index in [1.807, 2.05) is 175 Å². The van der Waals surface area contributed by atoms with Gasteiger partial charge in [0.2, 0.25) is 5.82 Å². The highest BCUT2D eigenvalue weighted by Gasteiger charge is 2.30. The molecule has 4 aromatic carbocycles. The number of rotatable bonds is 33. The van der Waals surface area contributed by atoms with Crippen LogP contribution in [0.15, 0.2) is 133 Å². The quantitative estimate of drug-likeness (QED) is 0.0177. The summed E-state index contributed by atoms with van der Waals surface area (Å²) in [5.41, 5.74) is 23.1. The van der Waals surface area contributed by atoms with Gasteiger partial charge in [0, 0.05) is 118 Å². The summed E-state index contributed by atoms with van der Waals surface area (Å²) in [6.45, 7) is 25.2. The third-order valence-corrected chi connectivity index (χ3v) is 23.6. The van der Waals surface area contributed by atoms with Crippen molar-refractivity contribution in [2.75, 3.05) is 62.3 Å². The number of nitrogens with one attached hydrogen (secondary N) is 5. The van der Waals surface area contributed by atoms with E-state index in [1.165, 1.54) is 0 Å². The van der Waals surface area contributed by atoms with Crippen molar-refractivity contribution in [2.24, 2.45) is 32.6 Å². The van der Waals surface area contributed by atoms with Gasteiger partial charge in [0.25, 0.3) is 17.7 Å². The molecule has 10 N–H and O–H groups in total. The van der Waals surface area contributed by atoms with Gasteiger partial charge >= 0.3 is 12.2 Å². The third kappa shape index (κ3) is 24.7. The molecule has 0 saturated heterocycles. The lowest BCUT2D eigenvalue weighted by atomic mass is 10.1. The summed E-state index contributed by atoms with van der Waals surface area (Å²) in [5.74, 6) is 4.74. The monoisotopic (exact) mass is 2000 g/mol. The van der Waals surface area contributed by atoms with Crippen LogP contribution in [-0.2, 0) is 76.4 Å². The van der Waals surface area contributed by atoms with Crippen molar-refractivity contribution in [1.82, 2.24) is 140 Å². The first kappa shape index (κ1) is 103. The van der Waals surface area contributed by atoms with Crippen molar-refractivity contribution in [2.45, 2.75) is 152 Å². The van der Waals surface area contributed by atoms with Crippen molar-refractivity contribution in [3.05, 3.63) is 200 Å². The molecule has 44 nitrogen and oxygen atoms in total. The Morgan fingerprint density at radius 1 is 0.479 bits per heavy atom. The first-order chi connectivity index (χ1) is 67.9. The lowest BCUT2D eigenvalue weighted by molar-refractivity contribution is 0.0515. The van der Waals surface area contributed by atoms with Crippen molar-refractivity contribution >= 4 is 78.5 Å². The predicted octanol–water partition coefficient (Wildman–Crippen LogP) is 12.1. The number of nitrogens with zero attached hydrogens (tertiary/aromatic N) is 23. The highest BCUT2D eigenvalue weighted by molar-refractivity contribution is 9.10. The van der Waals surface area contributed by atoms with Crippen molar-refractivity contribution in [3.63, 3.8) is 0 Å². The zero-order valence-corrected chi connectivity index (χ0v) is 84.5. The van der Waals surface area contributed by atoms with E-state index >= 15 is 0 Å². The maximum absolute atomic E-state index is 13.8. The Labute approximate surface area is 826 Å². The number of hydrogen-bond donors (Lipinski definition) is 8. The average molecular weight is 2010 g/mol. The number of nitrogens with two attached hydrogens (primary N) is 2. The van der Waals surface area contributed by atoms with Crippen LogP contribution in [-0.4, -0.2) is 227 Å². The zero-order valence-electron chi connectivity index (χ0n) is 82.9. The van der Waals surface area contributed by atoms with E-state index in [2.05, 4.69) is 93.1 Å². The number of aryl methyl sites for hydroxylation is 9. The van der Waals surface area contributed by atoms with E-state index in [9.17, 15) is 29.1 Å². The molecule has 0 bridgehead atoms. The van der Waals surface area contributed by atoms with E-state index in [1.54, 1.807) is 131 Å². The number of pyridine rings is 3. The van der Waals surface area contributed by atoms with Crippen LogP contribution in [0.1, 0.15) is 143 Å². The normalized spacial score (nSPS) is 11.3. The number of fused-ring (bicyclic) bond motifs is 3. The van der Waals surface area contributed by atoms with Gasteiger partial charge in [0.05, 0.1) is 102 Å². The molecule has 0 spiro atoms. The highest BCUT2D eigenvalue weighted by Crippen LogP contribution is 2.37. The number of benzene rings is 4. The van der Waals surface area contributed by atoms with Crippen LogP contribution in [0, 0.1) is 34.6 Å². The van der Waals surface area contributed by atoms with Crippen LogP contribution in [0.2, 0.25) is 0 Å². The lowest BCUT2D eigenvalue weighted by Crippen LogP contribution is -2.33. The fourth-order valence-corrected chi connectivity index (χ4v) is 15.6. The number of primary amides is 1. The van der Waals surface area contributed by atoms with E-state index in [-0.39, 0.29) is 53.7 Å². The minimum absolute atomic E-state index is 0.00934. The highest BCUT2D eigenvalue weighted by atomic mass is 79.9. The molecule has 0 aliphatic heterocycles. The predicted molar refractivity (Wildman–Crippen MR) is 532 cm³/mol. The van der Waals surface area contributed by atoms with Gasteiger partial charge in [-0.25, -0.2) is 29.5 Å². The molecule has 16 aromatic rings. The van der Waals surface area contributed by atoms with E-state index in [0.29, 0.717) is 155 Å². The molecule has 0 saturated carbocycles. The Hall–Kier alpha value is -16.2. The topological polar surface area (TPSA) is 528 Å². The maximum atomic E-state index is 13.8. The number of alkyl carbamates (subject to hydrolysis) is 2. The Balaban J connectivity index is 0.000000171. The number of halogens is 1. The SMILES string of the molecule is COc1ccc(Cn2c(-c3nc(C(=O)NCc4ccc(OC)cc4OC)cc4c3cnn4C)nnc2-c2c(C)c(C)nn2CCCNC(=O)OC(C)(C)C)cc1.COc1ccc(Cn2cnnc2-c2nc(C(=O)NCc3ccc(OC)cc3OC)cc3c2cnn3C)cc1.Cc1nn(CCCN)c(-c2nc(-c3nc(C(N)=O)cc4c3cnn4C)n[nH]2)c1O.Cc1nn(CCCNC(=O)OC(C)(C)C)c(Br)c1C. The molecule has 0 aliphatic carbocycles. The molecular formula is C97H117BrN30O14. The van der Waals surface area contributed by atoms with Crippen LogP contribution >= 0.6 is 15.9 Å². The van der Waals surface area contributed by atoms with Crippen molar-refractivity contribution in [3.8, 4) is 97.8 Å². The van der Waals surface area contributed by atoms with Gasteiger partial charge in [-0.05, 0) is 196 Å². The number of aromatic amines is 1. The lowest BCUT2D eigenvalue weighted by Gasteiger charge is -2.19. The number of carbonyl (C=O) groups is 5. The summed E-state index contributed by atoms with van der Waals surface area (Å²) < 4.78 is 58.1. The fraction of sp³-hybridized carbons (Fsp3) is 0.361. The maximum Gasteiger partial charge on any atom is 0.407 e. The fourth-order valence-electron chi connectivity index (χ4n) is 15.1. The summed E-state index contributed by atoms with van der Waals surface area (Å²) in [5, 5.41) is 75.8. The standard InChI is InChI=1S/C40H48N10O6.C27H27N7O4.C17H20N10O2.C13H22BrN3O2/c1-24-25(2)47-50(18-10-17-41-39(52)56-40(3,4)5)35(24)37-46-45-36(49(37)23-26-11-14-28(53-7)15-12-26)34-30-22-43-48(6)32(30)20-31(44-34)38(51)42-21-27-13-16-29(54-8)19-33(27)55-9;1-33-23-12-22(27(35)28-13-18-7-10-20(37-3)11-24(18)38-4)31-25(21(23)14-30-33)26-32-29-16-34(26)15-17-5-8-19(36-2)9-6-17;1-8-14(28)13(27(25-8)5-3-4-18)17-22-16(23-24-17)12-9-7-20-26(2)11(9)6-10(21-12)15(19)29;1-9-10(2)16-17(11(9)14)8-6-7-15-12(18)19-13(3,4)5/h11-16,19-20,22H,10,17-18,21,23H2,1-9H3,(H,41,52)(H,42,51);5-12,14,16H,13,15H2,1-4H3,(H,28,35);6-7,28H,3-5,18H2,1-2H3,(H2,19,29)(H,22,23,24);6-8H2,1-5H3,(H,15,18). The molecule has 45 heteroatoms. The number of methoxy groups -OCH3 is 6. The van der Waals surface area contributed by atoms with Crippen LogP contribution in [0.25, 0.3) is 90.3 Å². The Bertz CT molecular complexity index is 7190. The number of amides is 5. The minimum atomic E-state index is -0.668. The summed E-state index contributed by atoms with van der Waals surface area (Å²) in [4.78, 5) is 80.9. The number of ether oxygens (including phenoxy) is 8. The molecule has 0 unspecified atom stereocenters. The van der Waals surface area contributed by atoms with Gasteiger partial charge in [-0.15, -0.1) is 20.4 Å². The van der Waals surface area contributed by atoms with Crippen LogP contribution in [0.5, 0.6) is 40.2 Å². The van der Waals surface area contributed by atoms with Crippen LogP contribution in [0.4, 0.5) is 9.59 Å².